The summed E-state index contributed by atoms with van der Waals surface area (Å²) in [6.07, 6.45) is 1.14. The highest BCUT2D eigenvalue weighted by Crippen LogP contribution is 1.87. The summed E-state index contributed by atoms with van der Waals surface area (Å²) in [5, 5.41) is 0. The van der Waals surface area contributed by atoms with Crippen LogP contribution in [0.4, 0.5) is 0 Å². The molecule has 0 bridgehead atoms. The van der Waals surface area contributed by atoms with Gasteiger partial charge in [-0.2, -0.15) is 0 Å². The second-order valence-electron chi connectivity index (χ2n) is 3.57. The molecule has 0 fully saturated rings. The fraction of sp³-hybridized carbons (Fsp3) is 0.538. The fourth-order valence-electron chi connectivity index (χ4n) is 0.375. The van der Waals surface area contributed by atoms with Crippen LogP contribution in [0.25, 0.3) is 0 Å². The molecule has 0 heterocycles. The summed E-state index contributed by atoms with van der Waals surface area (Å²) in [5.41, 5.74) is 0.433. The number of carbonyl (C=O) groups excluding carboxylic acids is 2. The van der Waals surface area contributed by atoms with Crippen molar-refractivity contribution in [1.82, 2.24) is 4.90 Å². The van der Waals surface area contributed by atoms with Gasteiger partial charge in [0.2, 0.25) is 0 Å². The smallest absolute Gasteiger partial charge is 0.332 e. The molecule has 5 nitrogen and oxygen atoms in total. The SMILES string of the molecule is C=C(C)C(=O)OC.C=CC(=O)OCC.CN(C)C. The molecule has 0 unspecified atom stereocenters. The third kappa shape index (κ3) is 29.3. The summed E-state index contributed by atoms with van der Waals surface area (Å²) >= 11 is 0. The highest BCUT2D eigenvalue weighted by atomic mass is 16.5. The number of methoxy groups -OCH3 is 1. The zero-order valence-electron chi connectivity index (χ0n) is 12.3. The lowest BCUT2D eigenvalue weighted by Crippen LogP contribution is -1.99. The van der Waals surface area contributed by atoms with Crippen LogP contribution in [0.15, 0.2) is 24.8 Å². The van der Waals surface area contributed by atoms with Crippen molar-refractivity contribution >= 4 is 11.9 Å². The summed E-state index contributed by atoms with van der Waals surface area (Å²) < 4.78 is 8.71. The van der Waals surface area contributed by atoms with Crippen LogP contribution in [0, 0.1) is 0 Å². The molecule has 0 amide bonds. The number of carbonyl (C=O) groups is 2. The molecule has 18 heavy (non-hydrogen) atoms. The Morgan fingerprint density at radius 3 is 1.72 bits per heavy atom. The first-order chi connectivity index (χ1) is 8.22. The number of hydrogen-bond donors (Lipinski definition) is 0. The summed E-state index contributed by atoms with van der Waals surface area (Å²) in [4.78, 5) is 22.3. The maximum atomic E-state index is 10.2. The number of rotatable bonds is 3. The van der Waals surface area contributed by atoms with Crippen molar-refractivity contribution in [2.45, 2.75) is 13.8 Å². The van der Waals surface area contributed by atoms with Gasteiger partial charge >= 0.3 is 11.9 Å². The molecule has 0 aliphatic carbocycles. The van der Waals surface area contributed by atoms with Crippen molar-refractivity contribution in [1.29, 1.82) is 0 Å². The van der Waals surface area contributed by atoms with E-state index in [1.54, 1.807) is 13.8 Å². The van der Waals surface area contributed by atoms with Crippen molar-refractivity contribution in [3.63, 3.8) is 0 Å². The topological polar surface area (TPSA) is 55.8 Å². The van der Waals surface area contributed by atoms with Crippen molar-refractivity contribution in [2.75, 3.05) is 34.9 Å². The molecule has 0 radical (unpaired) electrons. The molecule has 0 N–H and O–H groups in total. The van der Waals surface area contributed by atoms with Gasteiger partial charge in [0, 0.05) is 11.6 Å². The van der Waals surface area contributed by atoms with Crippen LogP contribution in [0.1, 0.15) is 13.8 Å². The Bertz CT molecular complexity index is 255. The van der Waals surface area contributed by atoms with E-state index in [-0.39, 0.29) is 11.9 Å². The van der Waals surface area contributed by atoms with Gasteiger partial charge in [0.1, 0.15) is 0 Å². The molecule has 0 atom stereocenters. The first-order valence-electron chi connectivity index (χ1n) is 5.36. The molecule has 0 aromatic heterocycles. The van der Waals surface area contributed by atoms with Gasteiger partial charge in [-0.1, -0.05) is 13.2 Å². The lowest BCUT2D eigenvalue weighted by molar-refractivity contribution is -0.137. The Hall–Kier alpha value is -1.62. The molecule has 106 valence electrons. The predicted molar refractivity (Wildman–Crippen MR) is 73.3 cm³/mol. The molecule has 0 spiro atoms. The van der Waals surface area contributed by atoms with Crippen LogP contribution in [0.5, 0.6) is 0 Å². The van der Waals surface area contributed by atoms with Gasteiger partial charge in [-0.15, -0.1) is 0 Å². The van der Waals surface area contributed by atoms with Crippen LogP contribution in [0.2, 0.25) is 0 Å². The number of hydrogen-bond acceptors (Lipinski definition) is 5. The van der Waals surface area contributed by atoms with Crippen molar-refractivity contribution in [3.05, 3.63) is 24.8 Å². The molecule has 0 saturated heterocycles. The fourth-order valence-corrected chi connectivity index (χ4v) is 0.375. The Labute approximate surface area is 110 Å². The standard InChI is InChI=1S/2C5H8O2.C3H9N/c1-4(2)5(6)7-3;1-3-5(6)7-4-2;1-4(2)3/h1H2,2-3H3;3H,1,4H2,2H3;1-3H3. The maximum Gasteiger partial charge on any atom is 0.332 e. The van der Waals surface area contributed by atoms with E-state index in [2.05, 4.69) is 22.6 Å². The Morgan fingerprint density at radius 2 is 1.67 bits per heavy atom. The third-order valence-electron chi connectivity index (χ3n) is 0.987. The maximum absolute atomic E-state index is 10.2. The van der Waals surface area contributed by atoms with Gasteiger partial charge < -0.3 is 14.4 Å². The van der Waals surface area contributed by atoms with Gasteiger partial charge in [-0.05, 0) is 35.0 Å². The second-order valence-corrected chi connectivity index (χ2v) is 3.57. The predicted octanol–water partition coefficient (Wildman–Crippen LogP) is 1.65. The lowest BCUT2D eigenvalue weighted by atomic mass is 10.4. The highest BCUT2D eigenvalue weighted by molar-refractivity contribution is 5.86. The normalized spacial score (nSPS) is 7.94. The van der Waals surface area contributed by atoms with Crippen LogP contribution < -0.4 is 0 Å². The first-order valence-corrected chi connectivity index (χ1v) is 5.36. The molecule has 5 heteroatoms. The van der Waals surface area contributed by atoms with Gasteiger partial charge in [0.05, 0.1) is 13.7 Å². The molecule has 0 aliphatic heterocycles. The summed E-state index contributed by atoms with van der Waals surface area (Å²) in [6.45, 7) is 10.3. The molecular weight excluding hydrogens is 234 g/mol. The lowest BCUT2D eigenvalue weighted by Gasteiger charge is -1.91. The van der Waals surface area contributed by atoms with E-state index in [0.717, 1.165) is 6.08 Å². The van der Waals surface area contributed by atoms with E-state index in [4.69, 9.17) is 0 Å². The van der Waals surface area contributed by atoms with Crippen LogP contribution in [-0.2, 0) is 19.1 Å². The highest BCUT2D eigenvalue weighted by Gasteiger charge is 1.95. The van der Waals surface area contributed by atoms with Crippen molar-refractivity contribution in [3.8, 4) is 0 Å². The molecular formula is C13H25NO4. The van der Waals surface area contributed by atoms with E-state index in [1.807, 2.05) is 26.0 Å². The van der Waals surface area contributed by atoms with E-state index >= 15 is 0 Å². The average molecular weight is 259 g/mol. The average Bonchev–Trinajstić information content (AvgIpc) is 2.28. The number of ether oxygens (including phenoxy) is 2. The van der Waals surface area contributed by atoms with Crippen LogP contribution in [-0.4, -0.2) is 51.7 Å². The minimum Gasteiger partial charge on any atom is -0.466 e. The second kappa shape index (κ2) is 15.4. The Kier molecular flexibility index (Phi) is 18.5. The van der Waals surface area contributed by atoms with E-state index in [9.17, 15) is 9.59 Å². The quantitative estimate of drug-likeness (QED) is 0.570. The zero-order chi connectivity index (χ0) is 15.1. The summed E-state index contributed by atoms with van der Waals surface area (Å²) in [5.74, 6) is -0.706. The third-order valence-corrected chi connectivity index (χ3v) is 0.987. The number of esters is 2. The molecule has 0 aromatic rings. The Balaban J connectivity index is -0.000000196. The number of nitrogens with zero attached hydrogens (tertiary/aromatic N) is 1. The van der Waals surface area contributed by atoms with E-state index in [0.29, 0.717) is 12.2 Å². The molecule has 0 saturated carbocycles. The molecule has 0 aliphatic rings. The van der Waals surface area contributed by atoms with Crippen LogP contribution in [0.3, 0.4) is 0 Å². The van der Waals surface area contributed by atoms with Gasteiger partial charge in [0.25, 0.3) is 0 Å². The van der Waals surface area contributed by atoms with E-state index in [1.165, 1.54) is 7.11 Å². The van der Waals surface area contributed by atoms with Crippen molar-refractivity contribution in [2.24, 2.45) is 0 Å². The van der Waals surface area contributed by atoms with Crippen molar-refractivity contribution < 1.29 is 19.1 Å². The summed E-state index contributed by atoms with van der Waals surface area (Å²) in [6, 6.07) is 0. The molecule has 0 aromatic carbocycles. The zero-order valence-corrected chi connectivity index (χ0v) is 12.3. The minimum atomic E-state index is -0.359. The van der Waals surface area contributed by atoms with Gasteiger partial charge in [-0.3, -0.25) is 0 Å². The minimum absolute atomic E-state index is 0.347. The van der Waals surface area contributed by atoms with Crippen LogP contribution >= 0.6 is 0 Å². The summed E-state index contributed by atoms with van der Waals surface area (Å²) in [7, 11) is 7.33. The van der Waals surface area contributed by atoms with E-state index < -0.39 is 0 Å². The van der Waals surface area contributed by atoms with Gasteiger partial charge in [0.15, 0.2) is 0 Å². The van der Waals surface area contributed by atoms with Gasteiger partial charge in [-0.25, -0.2) is 9.59 Å². The first kappa shape index (κ1) is 21.6. The Morgan fingerprint density at radius 1 is 1.28 bits per heavy atom. The molecule has 0 rings (SSSR count). The largest absolute Gasteiger partial charge is 0.466 e. The monoisotopic (exact) mass is 259 g/mol.